The van der Waals surface area contributed by atoms with Crippen molar-refractivity contribution in [2.75, 3.05) is 23.9 Å². The van der Waals surface area contributed by atoms with Gasteiger partial charge in [-0.3, -0.25) is 9.78 Å². The average molecular weight is 283 g/mol. The molecule has 1 aromatic rings. The van der Waals surface area contributed by atoms with Crippen LogP contribution in [0.3, 0.4) is 0 Å². The maximum absolute atomic E-state index is 12.1. The Bertz CT molecular complexity index is 557. The quantitative estimate of drug-likeness (QED) is 0.840. The monoisotopic (exact) mass is 283 g/mol. The van der Waals surface area contributed by atoms with Crippen molar-refractivity contribution in [1.82, 2.24) is 10.3 Å². The van der Waals surface area contributed by atoms with Crippen LogP contribution in [-0.2, 0) is 9.84 Å². The molecule has 0 spiro atoms. The molecule has 1 fully saturated rings. The van der Waals surface area contributed by atoms with Gasteiger partial charge >= 0.3 is 0 Å². The summed E-state index contributed by atoms with van der Waals surface area (Å²) in [6, 6.07) is 1.56. The molecule has 1 aliphatic heterocycles. The van der Waals surface area contributed by atoms with Gasteiger partial charge in [0, 0.05) is 19.3 Å². The van der Waals surface area contributed by atoms with E-state index in [0.717, 1.165) is 0 Å². The van der Waals surface area contributed by atoms with Gasteiger partial charge in [-0.2, -0.15) is 0 Å². The summed E-state index contributed by atoms with van der Waals surface area (Å²) in [6.45, 7) is 0. The molecule has 0 unspecified atom stereocenters. The zero-order chi connectivity index (χ0) is 13.9. The van der Waals surface area contributed by atoms with Crippen LogP contribution >= 0.6 is 0 Å². The molecule has 2 N–H and O–H groups in total. The highest BCUT2D eigenvalue weighted by atomic mass is 32.2. The van der Waals surface area contributed by atoms with Crippen LogP contribution < -0.4 is 10.6 Å². The normalized spacial score (nSPS) is 18.8. The lowest BCUT2D eigenvalue weighted by Crippen LogP contribution is -2.41. The van der Waals surface area contributed by atoms with E-state index in [1.54, 1.807) is 25.5 Å². The van der Waals surface area contributed by atoms with Gasteiger partial charge in [-0.25, -0.2) is 8.42 Å². The molecule has 0 aliphatic carbocycles. The predicted molar refractivity (Wildman–Crippen MR) is 72.9 cm³/mol. The van der Waals surface area contributed by atoms with Crippen LogP contribution in [0.4, 0.5) is 5.69 Å². The lowest BCUT2D eigenvalue weighted by atomic mass is 10.1. The minimum atomic E-state index is -2.90. The summed E-state index contributed by atoms with van der Waals surface area (Å²) < 4.78 is 22.6. The van der Waals surface area contributed by atoms with Crippen LogP contribution in [-0.4, -0.2) is 43.9 Å². The van der Waals surface area contributed by atoms with Gasteiger partial charge in [0.05, 0.1) is 29.0 Å². The van der Waals surface area contributed by atoms with Crippen LogP contribution in [0.15, 0.2) is 18.5 Å². The molecule has 0 aromatic carbocycles. The van der Waals surface area contributed by atoms with E-state index in [2.05, 4.69) is 15.6 Å². The highest BCUT2D eigenvalue weighted by Crippen LogP contribution is 2.16. The molecule has 6 nitrogen and oxygen atoms in total. The fourth-order valence-corrected chi connectivity index (χ4v) is 3.58. The summed E-state index contributed by atoms with van der Waals surface area (Å²) in [5.41, 5.74) is 1.18. The van der Waals surface area contributed by atoms with Gasteiger partial charge in [0.25, 0.3) is 5.91 Å². The maximum Gasteiger partial charge on any atom is 0.253 e. The van der Waals surface area contributed by atoms with E-state index in [1.807, 2.05) is 0 Å². The minimum Gasteiger partial charge on any atom is -0.386 e. The standard InChI is InChI=1S/C12H17N3O3S/c1-13-11-8-14-5-2-10(11)12(16)15-9-3-6-19(17,18)7-4-9/h2,5,8-9,13H,3-4,6-7H2,1H3,(H,15,16). The highest BCUT2D eigenvalue weighted by molar-refractivity contribution is 7.91. The Morgan fingerprint density at radius 1 is 1.37 bits per heavy atom. The van der Waals surface area contributed by atoms with Crippen molar-refractivity contribution in [3.05, 3.63) is 24.0 Å². The zero-order valence-electron chi connectivity index (χ0n) is 10.7. The van der Waals surface area contributed by atoms with E-state index < -0.39 is 9.84 Å². The van der Waals surface area contributed by atoms with E-state index in [-0.39, 0.29) is 23.5 Å². The molecule has 2 heterocycles. The van der Waals surface area contributed by atoms with Gasteiger partial charge in [0.2, 0.25) is 0 Å². The molecule has 1 aliphatic rings. The number of hydrogen-bond donors (Lipinski definition) is 2. The van der Waals surface area contributed by atoms with Gasteiger partial charge in [-0.05, 0) is 18.9 Å². The molecule has 0 radical (unpaired) electrons. The Kier molecular flexibility index (Phi) is 4.04. The van der Waals surface area contributed by atoms with E-state index in [0.29, 0.717) is 24.1 Å². The summed E-state index contributed by atoms with van der Waals surface area (Å²) >= 11 is 0. The molecule has 1 aromatic heterocycles. The van der Waals surface area contributed by atoms with Crippen LogP contribution in [0.25, 0.3) is 0 Å². The molecule has 0 bridgehead atoms. The number of aromatic nitrogens is 1. The molecule has 19 heavy (non-hydrogen) atoms. The Hall–Kier alpha value is -1.63. The van der Waals surface area contributed by atoms with E-state index in [4.69, 9.17) is 0 Å². The second-order valence-electron chi connectivity index (χ2n) is 4.57. The SMILES string of the molecule is CNc1cnccc1C(=O)NC1CCS(=O)(=O)CC1. The van der Waals surface area contributed by atoms with Crippen molar-refractivity contribution < 1.29 is 13.2 Å². The lowest BCUT2D eigenvalue weighted by Gasteiger charge is -2.23. The van der Waals surface area contributed by atoms with Gasteiger partial charge in [0.15, 0.2) is 0 Å². The fraction of sp³-hybridized carbons (Fsp3) is 0.500. The average Bonchev–Trinajstić information content (AvgIpc) is 2.41. The molecule has 1 amide bonds. The number of sulfone groups is 1. The second kappa shape index (κ2) is 5.56. The number of rotatable bonds is 3. The Labute approximate surface area is 112 Å². The minimum absolute atomic E-state index is 0.0751. The van der Waals surface area contributed by atoms with E-state index in [1.165, 1.54) is 0 Å². The number of hydrogen-bond acceptors (Lipinski definition) is 5. The van der Waals surface area contributed by atoms with Crippen LogP contribution in [0.1, 0.15) is 23.2 Å². The third-order valence-electron chi connectivity index (χ3n) is 3.22. The maximum atomic E-state index is 12.1. The van der Waals surface area contributed by atoms with Crippen molar-refractivity contribution in [2.24, 2.45) is 0 Å². The van der Waals surface area contributed by atoms with E-state index >= 15 is 0 Å². The summed E-state index contributed by atoms with van der Waals surface area (Å²) in [5, 5.41) is 5.78. The molecule has 1 saturated heterocycles. The molecular formula is C12H17N3O3S. The first-order chi connectivity index (χ1) is 9.02. The Morgan fingerprint density at radius 2 is 2.05 bits per heavy atom. The van der Waals surface area contributed by atoms with Crippen molar-refractivity contribution >= 4 is 21.4 Å². The van der Waals surface area contributed by atoms with Gasteiger partial charge in [0.1, 0.15) is 9.84 Å². The van der Waals surface area contributed by atoms with Gasteiger partial charge in [-0.15, -0.1) is 0 Å². The molecule has 104 valence electrons. The number of nitrogens with zero attached hydrogens (tertiary/aromatic N) is 1. The number of anilines is 1. The van der Waals surface area contributed by atoms with Gasteiger partial charge in [-0.1, -0.05) is 0 Å². The van der Waals surface area contributed by atoms with Gasteiger partial charge < -0.3 is 10.6 Å². The van der Waals surface area contributed by atoms with Crippen molar-refractivity contribution in [1.29, 1.82) is 0 Å². The number of carbonyl (C=O) groups excluding carboxylic acids is 1. The molecule has 0 saturated carbocycles. The highest BCUT2D eigenvalue weighted by Gasteiger charge is 2.25. The zero-order valence-corrected chi connectivity index (χ0v) is 11.5. The molecule has 2 rings (SSSR count). The number of pyridine rings is 1. The molecule has 0 atom stereocenters. The van der Waals surface area contributed by atoms with Crippen molar-refractivity contribution in [3.8, 4) is 0 Å². The summed E-state index contributed by atoms with van der Waals surface area (Å²) in [4.78, 5) is 16.1. The topological polar surface area (TPSA) is 88.2 Å². The lowest BCUT2D eigenvalue weighted by molar-refractivity contribution is 0.0935. The second-order valence-corrected chi connectivity index (χ2v) is 6.87. The molecular weight excluding hydrogens is 266 g/mol. The fourth-order valence-electron chi connectivity index (χ4n) is 2.09. The van der Waals surface area contributed by atoms with Crippen molar-refractivity contribution in [2.45, 2.75) is 18.9 Å². The molecule has 7 heteroatoms. The first kappa shape index (κ1) is 13.8. The largest absolute Gasteiger partial charge is 0.386 e. The third-order valence-corrected chi connectivity index (χ3v) is 4.94. The van der Waals surface area contributed by atoms with E-state index in [9.17, 15) is 13.2 Å². The van der Waals surface area contributed by atoms with Crippen LogP contribution in [0.2, 0.25) is 0 Å². The first-order valence-corrected chi connectivity index (χ1v) is 7.97. The first-order valence-electron chi connectivity index (χ1n) is 6.15. The van der Waals surface area contributed by atoms with Crippen molar-refractivity contribution in [3.63, 3.8) is 0 Å². The summed E-state index contributed by atoms with van der Waals surface area (Å²) in [5.74, 6) is 0.0939. The Morgan fingerprint density at radius 3 is 2.68 bits per heavy atom. The third kappa shape index (κ3) is 3.44. The number of nitrogens with one attached hydrogen (secondary N) is 2. The predicted octanol–water partition coefficient (Wildman–Crippen LogP) is 0.430. The van der Waals surface area contributed by atoms with Crippen LogP contribution in [0.5, 0.6) is 0 Å². The summed E-state index contributed by atoms with van der Waals surface area (Å²) in [7, 11) is -1.18. The Balaban J connectivity index is 2.02. The number of amides is 1. The number of carbonyl (C=O) groups is 1. The van der Waals surface area contributed by atoms with Crippen LogP contribution in [0, 0.1) is 0 Å². The summed E-state index contributed by atoms with van der Waals surface area (Å²) in [6.07, 6.45) is 4.10. The smallest absolute Gasteiger partial charge is 0.253 e.